The van der Waals surface area contributed by atoms with Gasteiger partial charge in [-0.1, -0.05) is 12.1 Å². The number of amides is 2. The topological polar surface area (TPSA) is 108 Å². The lowest BCUT2D eigenvalue weighted by Crippen LogP contribution is -2.42. The first-order valence-corrected chi connectivity index (χ1v) is 6.46. The second kappa shape index (κ2) is 10.3. The summed E-state index contributed by atoms with van der Waals surface area (Å²) in [5, 5.41) is 11.2. The van der Waals surface area contributed by atoms with Gasteiger partial charge in [-0.2, -0.15) is 5.26 Å². The van der Waals surface area contributed by atoms with Crippen molar-refractivity contribution >= 4 is 30.1 Å². The fourth-order valence-electron chi connectivity index (χ4n) is 1.60. The van der Waals surface area contributed by atoms with Gasteiger partial charge in [0.25, 0.3) is 0 Å². The Kier molecular flexibility index (Phi) is 9.14. The van der Waals surface area contributed by atoms with Crippen LogP contribution in [0.4, 0.5) is 10.5 Å². The average Bonchev–Trinajstić information content (AvgIpc) is 2.47. The maximum Gasteiger partial charge on any atom is 0.325 e. The van der Waals surface area contributed by atoms with Crippen LogP contribution in [0.25, 0.3) is 0 Å². The molecule has 0 aliphatic rings. The van der Waals surface area contributed by atoms with Gasteiger partial charge in [-0.3, -0.25) is 4.79 Å². The SMILES string of the molecule is CCOC(=O)CNC(=O)N(CC#N)Cc1ccc(N)cc1.Cl. The molecule has 0 unspecified atom stereocenters. The van der Waals surface area contributed by atoms with Crippen LogP contribution in [0.2, 0.25) is 0 Å². The van der Waals surface area contributed by atoms with Crippen LogP contribution in [0.1, 0.15) is 12.5 Å². The number of nitrogens with zero attached hydrogens (tertiary/aromatic N) is 2. The number of anilines is 1. The minimum absolute atomic E-state index is 0. The summed E-state index contributed by atoms with van der Waals surface area (Å²) in [6, 6.07) is 8.41. The molecule has 1 rings (SSSR count). The minimum atomic E-state index is -0.518. The van der Waals surface area contributed by atoms with Crippen molar-refractivity contribution in [1.82, 2.24) is 10.2 Å². The Morgan fingerprint density at radius 1 is 1.36 bits per heavy atom. The highest BCUT2D eigenvalue weighted by molar-refractivity contribution is 5.85. The number of esters is 1. The van der Waals surface area contributed by atoms with E-state index in [0.29, 0.717) is 5.69 Å². The van der Waals surface area contributed by atoms with E-state index in [9.17, 15) is 9.59 Å². The molecule has 0 aliphatic heterocycles. The lowest BCUT2D eigenvalue weighted by molar-refractivity contribution is -0.141. The van der Waals surface area contributed by atoms with E-state index in [1.54, 1.807) is 31.2 Å². The van der Waals surface area contributed by atoms with Gasteiger partial charge in [0, 0.05) is 12.2 Å². The van der Waals surface area contributed by atoms with Crippen molar-refractivity contribution in [1.29, 1.82) is 5.26 Å². The lowest BCUT2D eigenvalue weighted by atomic mass is 10.2. The van der Waals surface area contributed by atoms with E-state index in [-0.39, 0.29) is 38.6 Å². The molecule has 0 radical (unpaired) electrons. The van der Waals surface area contributed by atoms with E-state index in [4.69, 9.17) is 15.7 Å². The van der Waals surface area contributed by atoms with E-state index in [1.165, 1.54) is 4.90 Å². The number of nitrogens with one attached hydrogen (secondary N) is 1. The van der Waals surface area contributed by atoms with Gasteiger partial charge < -0.3 is 20.7 Å². The largest absolute Gasteiger partial charge is 0.465 e. The molecule has 0 atom stereocenters. The Bertz CT molecular complexity index is 528. The molecule has 0 saturated carbocycles. The van der Waals surface area contributed by atoms with Crippen molar-refractivity contribution in [2.75, 3.05) is 25.4 Å². The Labute approximate surface area is 135 Å². The maximum absolute atomic E-state index is 11.9. The van der Waals surface area contributed by atoms with Gasteiger partial charge in [-0.15, -0.1) is 12.4 Å². The third-order valence-corrected chi connectivity index (χ3v) is 2.59. The van der Waals surface area contributed by atoms with Gasteiger partial charge in [-0.25, -0.2) is 4.79 Å². The summed E-state index contributed by atoms with van der Waals surface area (Å²) in [7, 11) is 0. The molecule has 3 N–H and O–H groups in total. The zero-order valence-corrected chi connectivity index (χ0v) is 13.1. The summed E-state index contributed by atoms with van der Waals surface area (Å²) in [5.41, 5.74) is 7.05. The molecule has 0 aliphatic carbocycles. The van der Waals surface area contributed by atoms with Gasteiger partial charge in [0.2, 0.25) is 0 Å². The number of nitrogens with two attached hydrogens (primary N) is 1. The Morgan fingerprint density at radius 3 is 2.55 bits per heavy atom. The molecule has 0 spiro atoms. The molecule has 22 heavy (non-hydrogen) atoms. The van der Waals surface area contributed by atoms with E-state index >= 15 is 0 Å². The summed E-state index contributed by atoms with van der Waals surface area (Å²) in [5.74, 6) is -0.518. The Hall–Kier alpha value is -2.46. The number of rotatable bonds is 6. The zero-order valence-electron chi connectivity index (χ0n) is 12.2. The summed E-state index contributed by atoms with van der Waals surface area (Å²) in [4.78, 5) is 24.4. The summed E-state index contributed by atoms with van der Waals surface area (Å²) in [6.45, 7) is 1.88. The van der Waals surface area contributed by atoms with Crippen LogP contribution in [0.5, 0.6) is 0 Å². The van der Waals surface area contributed by atoms with Crippen LogP contribution < -0.4 is 11.1 Å². The molecule has 0 aromatic heterocycles. The highest BCUT2D eigenvalue weighted by Gasteiger charge is 2.14. The molecule has 1 aromatic rings. The Morgan fingerprint density at radius 2 is 2.00 bits per heavy atom. The van der Waals surface area contributed by atoms with Crippen molar-refractivity contribution in [3.05, 3.63) is 29.8 Å². The fraction of sp³-hybridized carbons (Fsp3) is 0.357. The molecule has 2 amide bonds. The number of halogens is 1. The monoisotopic (exact) mass is 326 g/mol. The summed E-state index contributed by atoms with van der Waals surface area (Å²) < 4.78 is 4.71. The van der Waals surface area contributed by atoms with E-state index in [2.05, 4.69) is 5.32 Å². The maximum atomic E-state index is 11.9. The van der Waals surface area contributed by atoms with Crippen molar-refractivity contribution < 1.29 is 14.3 Å². The molecular weight excluding hydrogens is 308 g/mol. The first-order valence-electron chi connectivity index (χ1n) is 6.46. The number of carbonyl (C=O) groups is 2. The van der Waals surface area contributed by atoms with Gasteiger partial charge in [0.1, 0.15) is 13.1 Å². The summed E-state index contributed by atoms with van der Waals surface area (Å²) in [6.07, 6.45) is 0. The number of urea groups is 1. The van der Waals surface area contributed by atoms with E-state index in [0.717, 1.165) is 5.56 Å². The molecule has 0 fully saturated rings. The third kappa shape index (κ3) is 6.81. The van der Waals surface area contributed by atoms with Gasteiger partial charge in [0.05, 0.1) is 12.7 Å². The minimum Gasteiger partial charge on any atom is -0.465 e. The quantitative estimate of drug-likeness (QED) is 0.465. The highest BCUT2D eigenvalue weighted by Crippen LogP contribution is 2.08. The van der Waals surface area contributed by atoms with Crippen LogP contribution in [0.15, 0.2) is 24.3 Å². The van der Waals surface area contributed by atoms with E-state index in [1.807, 2.05) is 6.07 Å². The number of nitriles is 1. The van der Waals surface area contributed by atoms with Crippen molar-refractivity contribution in [3.63, 3.8) is 0 Å². The van der Waals surface area contributed by atoms with Gasteiger partial charge in [0.15, 0.2) is 0 Å². The first-order chi connectivity index (χ1) is 10.1. The molecule has 8 heteroatoms. The van der Waals surface area contributed by atoms with Crippen molar-refractivity contribution in [3.8, 4) is 6.07 Å². The van der Waals surface area contributed by atoms with Crippen LogP contribution in [-0.4, -0.2) is 36.6 Å². The average molecular weight is 327 g/mol. The smallest absolute Gasteiger partial charge is 0.325 e. The van der Waals surface area contributed by atoms with Crippen LogP contribution in [0, 0.1) is 11.3 Å². The molecule has 1 aromatic carbocycles. The number of carbonyl (C=O) groups excluding carboxylic acids is 2. The van der Waals surface area contributed by atoms with Gasteiger partial charge in [-0.05, 0) is 24.6 Å². The molecular formula is C14H19ClN4O3. The predicted molar refractivity (Wildman–Crippen MR) is 84.2 cm³/mol. The molecule has 7 nitrogen and oxygen atoms in total. The second-order valence-electron chi connectivity index (χ2n) is 4.22. The second-order valence-corrected chi connectivity index (χ2v) is 4.22. The fourth-order valence-corrected chi connectivity index (χ4v) is 1.60. The number of hydrogen-bond donors (Lipinski definition) is 2. The summed E-state index contributed by atoms with van der Waals surface area (Å²) >= 11 is 0. The number of nitrogen functional groups attached to an aromatic ring is 1. The molecule has 0 saturated heterocycles. The zero-order chi connectivity index (χ0) is 15.7. The first kappa shape index (κ1) is 19.5. The number of ether oxygens (including phenoxy) is 1. The highest BCUT2D eigenvalue weighted by atomic mass is 35.5. The van der Waals surface area contributed by atoms with Gasteiger partial charge >= 0.3 is 12.0 Å². The predicted octanol–water partition coefficient (Wildman–Crippen LogP) is 1.29. The normalized spacial score (nSPS) is 9.09. The lowest BCUT2D eigenvalue weighted by Gasteiger charge is -2.20. The van der Waals surface area contributed by atoms with Crippen LogP contribution in [0.3, 0.4) is 0 Å². The van der Waals surface area contributed by atoms with Crippen LogP contribution >= 0.6 is 12.4 Å². The van der Waals surface area contributed by atoms with Crippen molar-refractivity contribution in [2.24, 2.45) is 0 Å². The van der Waals surface area contributed by atoms with Crippen molar-refractivity contribution in [2.45, 2.75) is 13.5 Å². The van der Waals surface area contributed by atoms with Crippen LogP contribution in [-0.2, 0) is 16.1 Å². The number of hydrogen-bond acceptors (Lipinski definition) is 5. The number of benzene rings is 1. The molecule has 0 heterocycles. The standard InChI is InChI=1S/C14H18N4O3.ClH/c1-2-21-13(19)9-17-14(20)18(8-7-15)10-11-3-5-12(16)6-4-11;/h3-6H,2,8-10,16H2,1H3,(H,17,20);1H. The Balaban J connectivity index is 0.00000441. The third-order valence-electron chi connectivity index (χ3n) is 2.59. The molecule has 120 valence electrons. The molecule has 0 bridgehead atoms. The van der Waals surface area contributed by atoms with E-state index < -0.39 is 12.0 Å².